The zero-order valence-electron chi connectivity index (χ0n) is 7.51. The van der Waals surface area contributed by atoms with Gasteiger partial charge in [0.05, 0.1) is 9.90 Å². The summed E-state index contributed by atoms with van der Waals surface area (Å²) in [6.07, 6.45) is 1.78. The van der Waals surface area contributed by atoms with E-state index in [1.54, 1.807) is 29.3 Å². The highest BCUT2D eigenvalue weighted by molar-refractivity contribution is 8.01. The van der Waals surface area contributed by atoms with Crippen molar-refractivity contribution in [1.82, 2.24) is 4.98 Å². The third-order valence-electron chi connectivity index (χ3n) is 1.75. The summed E-state index contributed by atoms with van der Waals surface area (Å²) in [7, 11) is 0. The first-order chi connectivity index (χ1) is 6.90. The molecular weight excluding hydrogens is 212 g/mol. The van der Waals surface area contributed by atoms with Crippen molar-refractivity contribution in [2.75, 3.05) is 0 Å². The quantitative estimate of drug-likeness (QED) is 0.868. The fourth-order valence-electron chi connectivity index (χ4n) is 1.10. The number of rotatable bonds is 3. The second-order valence-electron chi connectivity index (χ2n) is 2.69. The van der Waals surface area contributed by atoms with Gasteiger partial charge in [0.2, 0.25) is 0 Å². The fraction of sp³-hybridized carbons (Fsp3) is 0.100. The number of hydrogen-bond acceptors (Lipinski definition) is 4. The lowest BCUT2D eigenvalue weighted by Crippen LogP contribution is -2.00. The van der Waals surface area contributed by atoms with E-state index in [0.29, 0.717) is 6.54 Å². The van der Waals surface area contributed by atoms with Crippen LogP contribution in [0.5, 0.6) is 0 Å². The molecule has 2 nitrogen and oxygen atoms in total. The van der Waals surface area contributed by atoms with E-state index in [1.807, 2.05) is 12.1 Å². The number of aromatic nitrogens is 1. The second kappa shape index (κ2) is 4.59. The van der Waals surface area contributed by atoms with E-state index >= 15 is 0 Å². The highest BCUT2D eigenvalue weighted by Crippen LogP contribution is 2.32. The molecule has 72 valence electrons. The monoisotopic (exact) mass is 222 g/mol. The molecule has 0 aliphatic heterocycles. The SMILES string of the molecule is NCc1ncccc1Sc1cccs1. The summed E-state index contributed by atoms with van der Waals surface area (Å²) in [5, 5.41) is 2.07. The van der Waals surface area contributed by atoms with Crippen LogP contribution in [-0.4, -0.2) is 4.98 Å². The minimum absolute atomic E-state index is 0.495. The van der Waals surface area contributed by atoms with Gasteiger partial charge < -0.3 is 5.73 Å². The summed E-state index contributed by atoms with van der Waals surface area (Å²) in [5.74, 6) is 0. The molecule has 4 heteroatoms. The fourth-order valence-corrected chi connectivity index (χ4v) is 2.94. The highest BCUT2D eigenvalue weighted by atomic mass is 32.2. The normalized spacial score (nSPS) is 10.4. The number of thiophene rings is 1. The van der Waals surface area contributed by atoms with Gasteiger partial charge in [0.1, 0.15) is 0 Å². The summed E-state index contributed by atoms with van der Waals surface area (Å²) in [6.45, 7) is 0.495. The van der Waals surface area contributed by atoms with Gasteiger partial charge >= 0.3 is 0 Å². The Balaban J connectivity index is 2.24. The van der Waals surface area contributed by atoms with Crippen LogP contribution in [0.1, 0.15) is 5.69 Å². The minimum Gasteiger partial charge on any atom is -0.325 e. The molecule has 2 aromatic rings. The second-order valence-corrected chi connectivity index (χ2v) is 4.98. The molecule has 0 unspecified atom stereocenters. The average Bonchev–Trinajstić information content (AvgIpc) is 2.71. The van der Waals surface area contributed by atoms with Gasteiger partial charge in [-0.15, -0.1) is 11.3 Å². The van der Waals surface area contributed by atoms with Crippen molar-refractivity contribution in [2.24, 2.45) is 5.73 Å². The third-order valence-corrected chi connectivity index (χ3v) is 3.88. The Hall–Kier alpha value is -0.840. The predicted molar refractivity (Wildman–Crippen MR) is 60.6 cm³/mol. The molecule has 0 saturated heterocycles. The molecule has 2 heterocycles. The Morgan fingerprint density at radius 2 is 2.29 bits per heavy atom. The smallest absolute Gasteiger partial charge is 0.0678 e. The Morgan fingerprint density at radius 1 is 1.36 bits per heavy atom. The van der Waals surface area contributed by atoms with Crippen molar-refractivity contribution in [3.05, 3.63) is 41.5 Å². The van der Waals surface area contributed by atoms with E-state index in [9.17, 15) is 0 Å². The average molecular weight is 222 g/mol. The molecule has 0 atom stereocenters. The first-order valence-electron chi connectivity index (χ1n) is 4.25. The molecule has 14 heavy (non-hydrogen) atoms. The third kappa shape index (κ3) is 2.15. The van der Waals surface area contributed by atoms with Crippen molar-refractivity contribution in [1.29, 1.82) is 0 Å². The predicted octanol–water partition coefficient (Wildman–Crippen LogP) is 2.75. The summed E-state index contributed by atoms with van der Waals surface area (Å²) < 4.78 is 1.27. The molecule has 0 amide bonds. The van der Waals surface area contributed by atoms with Crippen LogP contribution in [0.15, 0.2) is 44.9 Å². The molecule has 2 aromatic heterocycles. The molecule has 0 aliphatic rings. The summed E-state index contributed by atoms with van der Waals surface area (Å²) >= 11 is 3.45. The lowest BCUT2D eigenvalue weighted by atomic mass is 10.3. The van der Waals surface area contributed by atoms with Crippen molar-refractivity contribution < 1.29 is 0 Å². The van der Waals surface area contributed by atoms with E-state index < -0.39 is 0 Å². The Labute approximate surface area is 91.2 Å². The first kappa shape index (κ1) is 9.71. The maximum Gasteiger partial charge on any atom is 0.0678 e. The maximum absolute atomic E-state index is 5.61. The molecule has 0 saturated carbocycles. The van der Waals surface area contributed by atoms with Crippen LogP contribution in [0.25, 0.3) is 0 Å². The van der Waals surface area contributed by atoms with Gasteiger partial charge in [-0.3, -0.25) is 4.98 Å². The number of hydrogen-bond donors (Lipinski definition) is 1. The van der Waals surface area contributed by atoms with E-state index in [1.165, 1.54) is 4.21 Å². The van der Waals surface area contributed by atoms with Crippen LogP contribution in [0.4, 0.5) is 0 Å². The van der Waals surface area contributed by atoms with Crippen LogP contribution in [0, 0.1) is 0 Å². The van der Waals surface area contributed by atoms with Crippen LogP contribution in [0.2, 0.25) is 0 Å². The van der Waals surface area contributed by atoms with Gasteiger partial charge in [-0.05, 0) is 23.6 Å². The summed E-state index contributed by atoms with van der Waals surface area (Å²) in [4.78, 5) is 5.39. The van der Waals surface area contributed by atoms with Crippen molar-refractivity contribution in [3.63, 3.8) is 0 Å². The van der Waals surface area contributed by atoms with Gasteiger partial charge in [-0.2, -0.15) is 0 Å². The molecule has 0 bridgehead atoms. The molecule has 2 rings (SSSR count). The van der Waals surface area contributed by atoms with Gasteiger partial charge in [0.25, 0.3) is 0 Å². The van der Waals surface area contributed by atoms with Gasteiger partial charge in [-0.1, -0.05) is 17.8 Å². The Morgan fingerprint density at radius 3 is 3.00 bits per heavy atom. The summed E-state index contributed by atoms with van der Waals surface area (Å²) in [5.41, 5.74) is 6.57. The number of nitrogens with two attached hydrogens (primary N) is 1. The standard InChI is InChI=1S/C10H10N2S2/c11-7-8-9(3-1-5-12-8)14-10-4-2-6-13-10/h1-6H,7,11H2. The Bertz CT molecular complexity index is 398. The van der Waals surface area contributed by atoms with Gasteiger partial charge in [-0.25, -0.2) is 0 Å². The lowest BCUT2D eigenvalue weighted by molar-refractivity contribution is 0.944. The lowest BCUT2D eigenvalue weighted by Gasteiger charge is -2.03. The maximum atomic E-state index is 5.61. The topological polar surface area (TPSA) is 38.9 Å². The first-order valence-corrected chi connectivity index (χ1v) is 5.95. The van der Waals surface area contributed by atoms with Crippen LogP contribution in [0.3, 0.4) is 0 Å². The molecule has 0 aliphatic carbocycles. The highest BCUT2D eigenvalue weighted by Gasteiger charge is 2.03. The van der Waals surface area contributed by atoms with E-state index in [2.05, 4.69) is 22.5 Å². The Kier molecular flexibility index (Phi) is 3.18. The number of nitrogens with zero attached hydrogens (tertiary/aromatic N) is 1. The van der Waals surface area contributed by atoms with Crippen molar-refractivity contribution in [2.45, 2.75) is 15.6 Å². The molecule has 0 aromatic carbocycles. The van der Waals surface area contributed by atoms with E-state index in [-0.39, 0.29) is 0 Å². The molecular formula is C10H10N2S2. The van der Waals surface area contributed by atoms with Gasteiger partial charge in [0.15, 0.2) is 0 Å². The summed E-state index contributed by atoms with van der Waals surface area (Å²) in [6, 6.07) is 8.14. The number of pyridine rings is 1. The van der Waals surface area contributed by atoms with Gasteiger partial charge in [0, 0.05) is 17.6 Å². The van der Waals surface area contributed by atoms with Crippen LogP contribution in [-0.2, 0) is 6.54 Å². The minimum atomic E-state index is 0.495. The molecule has 2 N–H and O–H groups in total. The van der Waals surface area contributed by atoms with Crippen molar-refractivity contribution >= 4 is 23.1 Å². The molecule has 0 fully saturated rings. The zero-order valence-corrected chi connectivity index (χ0v) is 9.15. The van der Waals surface area contributed by atoms with E-state index in [0.717, 1.165) is 10.6 Å². The molecule has 0 radical (unpaired) electrons. The van der Waals surface area contributed by atoms with Crippen LogP contribution < -0.4 is 5.73 Å². The molecule has 0 spiro atoms. The van der Waals surface area contributed by atoms with E-state index in [4.69, 9.17) is 5.73 Å². The zero-order chi connectivity index (χ0) is 9.80. The largest absolute Gasteiger partial charge is 0.325 e. The van der Waals surface area contributed by atoms with Crippen LogP contribution >= 0.6 is 23.1 Å². The van der Waals surface area contributed by atoms with Crippen molar-refractivity contribution in [3.8, 4) is 0 Å².